The molecule has 2 saturated carbocycles. The second-order valence-electron chi connectivity index (χ2n) is 8.35. The number of hydrogen-bond donors (Lipinski definition) is 1. The van der Waals surface area contributed by atoms with Gasteiger partial charge >= 0.3 is 0 Å². The smallest absolute Gasteiger partial charge is 0.141 e. The van der Waals surface area contributed by atoms with Crippen LogP contribution in [0.1, 0.15) is 62.1 Å². The predicted octanol–water partition coefficient (Wildman–Crippen LogP) is 3.69. The highest BCUT2D eigenvalue weighted by molar-refractivity contribution is 5.98. The van der Waals surface area contributed by atoms with Crippen molar-refractivity contribution < 1.29 is 14.7 Å². The molecule has 0 spiro atoms. The summed E-state index contributed by atoms with van der Waals surface area (Å²) in [6.45, 7) is 6.24. The normalized spacial score (nSPS) is 38.9. The van der Waals surface area contributed by atoms with Gasteiger partial charge in [-0.1, -0.05) is 13.8 Å². The van der Waals surface area contributed by atoms with Gasteiger partial charge in [0.1, 0.15) is 17.3 Å². The standard InChI is InChI=1S/C20H24O3/c1-11-8-13(21)9-12-6-7-19(2)15-4-5-16(23)20(15,3)10-14(22)18(19)17(11)12/h8-9,15,18,21H,4-7,10H2,1-3H3/t15-,18+,19-,20-/m0/s1. The van der Waals surface area contributed by atoms with Crippen LogP contribution < -0.4 is 0 Å². The number of aromatic hydroxyl groups is 1. The minimum absolute atomic E-state index is 0.115. The number of Topliss-reactive ketones (excluding diaryl/α,β-unsaturated/α-hetero) is 2. The second-order valence-corrected chi connectivity index (χ2v) is 8.35. The van der Waals surface area contributed by atoms with Gasteiger partial charge in [-0.25, -0.2) is 0 Å². The molecule has 0 unspecified atom stereocenters. The third-order valence-corrected chi connectivity index (χ3v) is 7.06. The first-order chi connectivity index (χ1) is 10.8. The van der Waals surface area contributed by atoms with Gasteiger partial charge in [-0.3, -0.25) is 9.59 Å². The van der Waals surface area contributed by atoms with Crippen molar-refractivity contribution >= 4 is 11.6 Å². The van der Waals surface area contributed by atoms with Crippen molar-refractivity contribution in [3.05, 3.63) is 28.8 Å². The molecule has 2 fully saturated rings. The third-order valence-electron chi connectivity index (χ3n) is 7.06. The van der Waals surface area contributed by atoms with Crippen LogP contribution >= 0.6 is 0 Å². The molecule has 1 N–H and O–H groups in total. The van der Waals surface area contributed by atoms with Crippen LogP contribution in [0.2, 0.25) is 0 Å². The molecule has 0 radical (unpaired) electrons. The Morgan fingerprint density at radius 2 is 1.91 bits per heavy atom. The number of ketones is 2. The topological polar surface area (TPSA) is 54.4 Å². The lowest BCUT2D eigenvalue weighted by atomic mass is 9.47. The maximum Gasteiger partial charge on any atom is 0.141 e. The molecule has 23 heavy (non-hydrogen) atoms. The van der Waals surface area contributed by atoms with E-state index < -0.39 is 5.41 Å². The van der Waals surface area contributed by atoms with Crippen LogP contribution in [0.5, 0.6) is 5.75 Å². The van der Waals surface area contributed by atoms with Crippen LogP contribution in [-0.2, 0) is 16.0 Å². The van der Waals surface area contributed by atoms with E-state index in [0.717, 1.165) is 36.0 Å². The van der Waals surface area contributed by atoms with Crippen LogP contribution in [0.4, 0.5) is 0 Å². The minimum atomic E-state index is -0.454. The number of hydrogen-bond acceptors (Lipinski definition) is 3. The summed E-state index contributed by atoms with van der Waals surface area (Å²) in [6, 6.07) is 3.59. The molecular weight excluding hydrogens is 288 g/mol. The quantitative estimate of drug-likeness (QED) is 0.795. The number of fused-ring (bicyclic) bond motifs is 5. The molecular formula is C20H24O3. The van der Waals surface area contributed by atoms with Gasteiger partial charge in [-0.2, -0.15) is 0 Å². The first-order valence-electron chi connectivity index (χ1n) is 8.66. The Labute approximate surface area is 137 Å². The molecule has 1 aromatic rings. The van der Waals surface area contributed by atoms with Crippen molar-refractivity contribution in [3.8, 4) is 5.75 Å². The van der Waals surface area contributed by atoms with Gasteiger partial charge in [0, 0.05) is 24.2 Å². The van der Waals surface area contributed by atoms with E-state index in [4.69, 9.17) is 0 Å². The first-order valence-corrected chi connectivity index (χ1v) is 8.66. The fourth-order valence-electron chi connectivity index (χ4n) is 6.07. The zero-order valence-corrected chi connectivity index (χ0v) is 14.1. The van der Waals surface area contributed by atoms with E-state index in [0.29, 0.717) is 18.8 Å². The molecule has 0 aromatic heterocycles. The maximum atomic E-state index is 13.1. The van der Waals surface area contributed by atoms with Gasteiger partial charge in [0.15, 0.2) is 0 Å². The zero-order valence-electron chi connectivity index (χ0n) is 14.1. The highest BCUT2D eigenvalue weighted by Crippen LogP contribution is 2.65. The molecule has 3 aliphatic rings. The van der Waals surface area contributed by atoms with E-state index in [2.05, 4.69) is 6.92 Å². The van der Waals surface area contributed by atoms with Gasteiger partial charge in [0.05, 0.1) is 0 Å². The summed E-state index contributed by atoms with van der Waals surface area (Å²) >= 11 is 0. The van der Waals surface area contributed by atoms with E-state index in [-0.39, 0.29) is 28.6 Å². The molecule has 0 aliphatic heterocycles. The molecule has 3 aliphatic carbocycles. The number of rotatable bonds is 0. The van der Waals surface area contributed by atoms with Crippen LogP contribution in [0.15, 0.2) is 12.1 Å². The average Bonchev–Trinajstić information content (AvgIpc) is 2.75. The largest absolute Gasteiger partial charge is 0.508 e. The minimum Gasteiger partial charge on any atom is -0.508 e. The van der Waals surface area contributed by atoms with Gasteiger partial charge in [0.2, 0.25) is 0 Å². The molecule has 0 saturated heterocycles. The Hall–Kier alpha value is -1.64. The van der Waals surface area contributed by atoms with Crippen LogP contribution in [0, 0.1) is 23.7 Å². The maximum absolute atomic E-state index is 13.1. The number of benzene rings is 1. The number of carbonyl (C=O) groups excluding carboxylic acids is 2. The van der Waals surface area contributed by atoms with Gasteiger partial charge in [-0.15, -0.1) is 0 Å². The predicted molar refractivity (Wildman–Crippen MR) is 87.5 cm³/mol. The van der Waals surface area contributed by atoms with E-state index in [1.54, 1.807) is 6.07 Å². The Kier molecular flexibility index (Phi) is 2.89. The molecule has 122 valence electrons. The van der Waals surface area contributed by atoms with Crippen LogP contribution in [0.3, 0.4) is 0 Å². The third kappa shape index (κ3) is 1.76. The molecule has 3 nitrogen and oxygen atoms in total. The first kappa shape index (κ1) is 14.9. The molecule has 0 heterocycles. The van der Waals surface area contributed by atoms with Crippen molar-refractivity contribution in [3.63, 3.8) is 0 Å². The summed E-state index contributed by atoms with van der Waals surface area (Å²) in [6.07, 6.45) is 3.73. The van der Waals surface area contributed by atoms with Crippen molar-refractivity contribution in [1.29, 1.82) is 0 Å². The zero-order chi connectivity index (χ0) is 16.6. The molecule has 0 bridgehead atoms. The number of carbonyl (C=O) groups is 2. The lowest BCUT2D eigenvalue weighted by molar-refractivity contribution is -0.145. The number of aryl methyl sites for hydroxylation is 2. The summed E-state index contributed by atoms with van der Waals surface area (Å²) in [5, 5.41) is 9.89. The molecule has 3 heteroatoms. The van der Waals surface area contributed by atoms with E-state index in [9.17, 15) is 14.7 Å². The summed E-state index contributed by atoms with van der Waals surface area (Å²) in [4.78, 5) is 25.6. The van der Waals surface area contributed by atoms with Crippen molar-refractivity contribution in [2.75, 3.05) is 0 Å². The molecule has 4 rings (SSSR count). The Morgan fingerprint density at radius 1 is 1.17 bits per heavy atom. The Morgan fingerprint density at radius 3 is 2.65 bits per heavy atom. The lowest BCUT2D eigenvalue weighted by Gasteiger charge is -2.54. The summed E-state index contributed by atoms with van der Waals surface area (Å²) in [7, 11) is 0. The summed E-state index contributed by atoms with van der Waals surface area (Å²) in [5.74, 6) is 0.969. The SMILES string of the molecule is Cc1cc(O)cc2c1[C@H]1C(=O)C[C@]3(C)C(=O)CC[C@H]3[C@]1(C)CC2. The number of phenols is 1. The van der Waals surface area contributed by atoms with E-state index in [1.165, 1.54) is 0 Å². The average molecular weight is 312 g/mol. The lowest BCUT2D eigenvalue weighted by Crippen LogP contribution is -2.53. The molecule has 1 aromatic carbocycles. The fraction of sp³-hybridized carbons (Fsp3) is 0.600. The van der Waals surface area contributed by atoms with Crippen LogP contribution in [-0.4, -0.2) is 16.7 Å². The second kappa shape index (κ2) is 4.46. The van der Waals surface area contributed by atoms with Crippen molar-refractivity contribution in [2.45, 2.75) is 58.8 Å². The van der Waals surface area contributed by atoms with E-state index in [1.807, 2.05) is 19.9 Å². The van der Waals surface area contributed by atoms with Crippen molar-refractivity contribution in [2.24, 2.45) is 16.7 Å². The summed E-state index contributed by atoms with van der Waals surface area (Å²) in [5.41, 5.74) is 2.67. The van der Waals surface area contributed by atoms with Crippen molar-refractivity contribution in [1.82, 2.24) is 0 Å². The monoisotopic (exact) mass is 312 g/mol. The van der Waals surface area contributed by atoms with Gasteiger partial charge < -0.3 is 5.11 Å². The Bertz CT molecular complexity index is 735. The number of phenolic OH excluding ortho intramolecular Hbond substituents is 1. The van der Waals surface area contributed by atoms with E-state index >= 15 is 0 Å². The van der Waals surface area contributed by atoms with Gasteiger partial charge in [-0.05, 0) is 66.3 Å². The highest BCUT2D eigenvalue weighted by atomic mass is 16.3. The fourth-order valence-corrected chi connectivity index (χ4v) is 6.07. The molecule has 4 atom stereocenters. The van der Waals surface area contributed by atoms with Crippen LogP contribution in [0.25, 0.3) is 0 Å². The highest BCUT2D eigenvalue weighted by Gasteiger charge is 2.63. The summed E-state index contributed by atoms with van der Waals surface area (Å²) < 4.78 is 0. The Balaban J connectivity index is 1.90. The molecule has 0 amide bonds. The van der Waals surface area contributed by atoms with Gasteiger partial charge in [0.25, 0.3) is 0 Å².